The molecule has 2 aromatic heterocycles. The Bertz CT molecular complexity index is 967. The zero-order chi connectivity index (χ0) is 20.9. The molecule has 0 spiro atoms. The van der Waals surface area contributed by atoms with Crippen LogP contribution in [0.3, 0.4) is 0 Å². The number of hydrogen-bond donors (Lipinski definition) is 2. The van der Waals surface area contributed by atoms with E-state index in [2.05, 4.69) is 15.6 Å². The molecule has 0 aliphatic heterocycles. The Kier molecular flexibility index (Phi) is 6.32. The first kappa shape index (κ1) is 20.6. The predicted molar refractivity (Wildman–Crippen MR) is 101 cm³/mol. The number of amides is 2. The van der Waals surface area contributed by atoms with Crippen molar-refractivity contribution in [2.75, 3.05) is 11.9 Å². The van der Waals surface area contributed by atoms with Gasteiger partial charge in [0.1, 0.15) is 0 Å². The number of thiazole rings is 1. The average molecular weight is 423 g/mol. The molecule has 2 heterocycles. The Morgan fingerprint density at radius 3 is 2.55 bits per heavy atom. The first-order chi connectivity index (χ1) is 13.8. The van der Waals surface area contributed by atoms with Gasteiger partial charge in [-0.1, -0.05) is 12.1 Å². The molecule has 10 heteroatoms. The summed E-state index contributed by atoms with van der Waals surface area (Å²) in [7, 11) is 0. The number of furan rings is 1. The fourth-order valence-corrected chi connectivity index (χ4v) is 3.29. The van der Waals surface area contributed by atoms with E-state index in [9.17, 15) is 22.8 Å². The van der Waals surface area contributed by atoms with E-state index < -0.39 is 17.6 Å². The van der Waals surface area contributed by atoms with Gasteiger partial charge in [0.2, 0.25) is 5.91 Å². The topological polar surface area (TPSA) is 84.2 Å². The highest BCUT2D eigenvalue weighted by Crippen LogP contribution is 2.29. The molecule has 0 aliphatic rings. The number of hydrogen-bond acceptors (Lipinski definition) is 5. The minimum Gasteiger partial charge on any atom is -0.459 e. The van der Waals surface area contributed by atoms with Gasteiger partial charge in [-0.3, -0.25) is 9.59 Å². The van der Waals surface area contributed by atoms with E-state index >= 15 is 0 Å². The summed E-state index contributed by atoms with van der Waals surface area (Å²) >= 11 is 1.24. The summed E-state index contributed by atoms with van der Waals surface area (Å²) in [6.45, 7) is 0.134. The SMILES string of the molecule is O=C(CCNC(=O)c1ccco1)Nc1ncc(Cc2ccc(C(F)(F)F)cc2)s1. The summed E-state index contributed by atoms with van der Waals surface area (Å²) in [5.74, 6) is -0.561. The smallest absolute Gasteiger partial charge is 0.416 e. The highest BCUT2D eigenvalue weighted by molar-refractivity contribution is 7.15. The molecule has 0 saturated carbocycles. The third-order valence-corrected chi connectivity index (χ3v) is 4.75. The Morgan fingerprint density at radius 2 is 1.90 bits per heavy atom. The van der Waals surface area contributed by atoms with Crippen LogP contribution in [0.4, 0.5) is 18.3 Å². The van der Waals surface area contributed by atoms with Crippen molar-refractivity contribution in [2.45, 2.75) is 19.0 Å². The molecule has 3 rings (SSSR count). The van der Waals surface area contributed by atoms with Gasteiger partial charge in [0.25, 0.3) is 5.91 Å². The first-order valence-corrected chi connectivity index (χ1v) is 9.35. The molecule has 0 bridgehead atoms. The second-order valence-corrected chi connectivity index (χ2v) is 7.15. The number of alkyl halides is 3. The van der Waals surface area contributed by atoms with Gasteiger partial charge >= 0.3 is 6.18 Å². The summed E-state index contributed by atoms with van der Waals surface area (Å²) < 4.78 is 42.7. The molecular weight excluding hydrogens is 407 g/mol. The van der Waals surface area contributed by atoms with Crippen LogP contribution in [0.2, 0.25) is 0 Å². The van der Waals surface area contributed by atoms with E-state index in [4.69, 9.17) is 4.42 Å². The van der Waals surface area contributed by atoms with E-state index in [-0.39, 0.29) is 24.6 Å². The van der Waals surface area contributed by atoms with Crippen LogP contribution in [0.1, 0.15) is 33.0 Å². The molecule has 2 N–H and O–H groups in total. The molecule has 0 unspecified atom stereocenters. The number of nitrogens with one attached hydrogen (secondary N) is 2. The molecule has 6 nitrogen and oxygen atoms in total. The van der Waals surface area contributed by atoms with Crippen molar-refractivity contribution in [3.8, 4) is 0 Å². The van der Waals surface area contributed by atoms with Crippen molar-refractivity contribution in [2.24, 2.45) is 0 Å². The molecule has 0 fully saturated rings. The van der Waals surface area contributed by atoms with Crippen LogP contribution in [0, 0.1) is 0 Å². The zero-order valence-corrected chi connectivity index (χ0v) is 15.8. The summed E-state index contributed by atoms with van der Waals surface area (Å²) in [6.07, 6.45) is -0.952. The lowest BCUT2D eigenvalue weighted by atomic mass is 10.1. The number of halogens is 3. The lowest BCUT2D eigenvalue weighted by Gasteiger charge is -2.06. The van der Waals surface area contributed by atoms with Crippen LogP contribution in [0.25, 0.3) is 0 Å². The number of benzene rings is 1. The number of carbonyl (C=O) groups excluding carboxylic acids is 2. The lowest BCUT2D eigenvalue weighted by molar-refractivity contribution is -0.137. The number of aromatic nitrogens is 1. The highest BCUT2D eigenvalue weighted by Gasteiger charge is 2.29. The normalized spacial score (nSPS) is 11.3. The number of carbonyl (C=O) groups is 2. The molecule has 1 aromatic carbocycles. The summed E-state index contributed by atoms with van der Waals surface area (Å²) in [4.78, 5) is 28.5. The maximum Gasteiger partial charge on any atom is 0.416 e. The van der Waals surface area contributed by atoms with Gasteiger partial charge in [-0.15, -0.1) is 11.3 Å². The van der Waals surface area contributed by atoms with Crippen LogP contribution in [-0.2, 0) is 17.4 Å². The molecule has 0 radical (unpaired) electrons. The van der Waals surface area contributed by atoms with Crippen molar-refractivity contribution in [3.63, 3.8) is 0 Å². The van der Waals surface area contributed by atoms with Crippen molar-refractivity contribution < 1.29 is 27.2 Å². The third-order valence-electron chi connectivity index (χ3n) is 3.84. The fourth-order valence-electron chi connectivity index (χ4n) is 2.43. The maximum absolute atomic E-state index is 12.6. The van der Waals surface area contributed by atoms with Gasteiger partial charge in [0.05, 0.1) is 11.8 Å². The molecule has 2 amide bonds. The standard InChI is InChI=1S/C19H16F3N3O3S/c20-19(21,22)13-5-3-12(4-6-13)10-14-11-24-18(29-14)25-16(26)7-8-23-17(27)15-2-1-9-28-15/h1-6,9,11H,7-8,10H2,(H,23,27)(H,24,25,26). The van der Waals surface area contributed by atoms with Crippen LogP contribution < -0.4 is 10.6 Å². The van der Waals surface area contributed by atoms with Crippen molar-refractivity contribution in [1.82, 2.24) is 10.3 Å². The quantitative estimate of drug-likeness (QED) is 0.599. The largest absolute Gasteiger partial charge is 0.459 e. The lowest BCUT2D eigenvalue weighted by Crippen LogP contribution is -2.27. The predicted octanol–water partition coefficient (Wildman–Crippen LogP) is 4.10. The molecule has 0 atom stereocenters. The molecular formula is C19H16F3N3O3S. The van der Waals surface area contributed by atoms with Crippen molar-refractivity contribution in [3.05, 3.63) is 70.6 Å². The van der Waals surface area contributed by atoms with Crippen LogP contribution in [-0.4, -0.2) is 23.3 Å². The first-order valence-electron chi connectivity index (χ1n) is 8.53. The third kappa shape index (κ3) is 5.92. The highest BCUT2D eigenvalue weighted by atomic mass is 32.1. The molecule has 29 heavy (non-hydrogen) atoms. The van der Waals surface area contributed by atoms with Gasteiger partial charge in [-0.05, 0) is 29.8 Å². The van der Waals surface area contributed by atoms with Gasteiger partial charge in [-0.25, -0.2) is 4.98 Å². The molecule has 152 valence electrons. The Hall–Kier alpha value is -3.14. The van der Waals surface area contributed by atoms with Crippen LogP contribution in [0.5, 0.6) is 0 Å². The number of nitrogens with zero attached hydrogens (tertiary/aromatic N) is 1. The zero-order valence-electron chi connectivity index (χ0n) is 15.0. The second-order valence-electron chi connectivity index (χ2n) is 6.03. The molecule has 0 aliphatic carbocycles. The minimum atomic E-state index is -4.36. The monoisotopic (exact) mass is 423 g/mol. The number of anilines is 1. The van der Waals surface area contributed by atoms with Crippen LogP contribution in [0.15, 0.2) is 53.3 Å². The van der Waals surface area contributed by atoms with E-state index in [1.54, 1.807) is 12.3 Å². The van der Waals surface area contributed by atoms with Crippen molar-refractivity contribution in [1.29, 1.82) is 0 Å². The Labute approximate surface area is 167 Å². The van der Waals surface area contributed by atoms with Gasteiger partial charge < -0.3 is 15.1 Å². The second kappa shape index (κ2) is 8.91. The van der Waals surface area contributed by atoms with Crippen molar-refractivity contribution >= 4 is 28.3 Å². The van der Waals surface area contributed by atoms with E-state index in [0.717, 1.165) is 17.0 Å². The summed E-state index contributed by atoms with van der Waals surface area (Å²) in [5.41, 5.74) is 0.0119. The van der Waals surface area contributed by atoms with E-state index in [1.807, 2.05) is 0 Å². The minimum absolute atomic E-state index is 0.0558. The average Bonchev–Trinajstić information content (AvgIpc) is 3.34. The summed E-state index contributed by atoms with van der Waals surface area (Å²) in [6, 6.07) is 8.02. The Morgan fingerprint density at radius 1 is 1.14 bits per heavy atom. The van der Waals surface area contributed by atoms with Gasteiger partial charge in [-0.2, -0.15) is 13.2 Å². The summed E-state index contributed by atoms with van der Waals surface area (Å²) in [5, 5.41) is 5.58. The molecule has 0 saturated heterocycles. The van der Waals surface area contributed by atoms with Crippen LogP contribution >= 0.6 is 11.3 Å². The maximum atomic E-state index is 12.6. The Balaban J connectivity index is 1.46. The number of rotatable bonds is 7. The molecule has 3 aromatic rings. The van der Waals surface area contributed by atoms with E-state index in [0.29, 0.717) is 17.1 Å². The fraction of sp³-hybridized carbons (Fsp3) is 0.211. The van der Waals surface area contributed by atoms with Gasteiger partial charge in [0.15, 0.2) is 10.9 Å². The van der Waals surface area contributed by atoms with E-state index in [1.165, 1.54) is 35.8 Å². The van der Waals surface area contributed by atoms with Gasteiger partial charge in [0, 0.05) is 30.5 Å².